The van der Waals surface area contributed by atoms with Gasteiger partial charge in [-0.25, -0.2) is 0 Å². The van der Waals surface area contributed by atoms with Crippen LogP contribution in [-0.2, 0) is 9.59 Å². The molecule has 2 unspecified atom stereocenters. The summed E-state index contributed by atoms with van der Waals surface area (Å²) < 4.78 is 0. The molecule has 0 heterocycles. The molecular formula is C11H18N2O3. The number of hydrogen-bond donors (Lipinski definition) is 1. The minimum absolute atomic E-state index is 0.00656. The van der Waals surface area contributed by atoms with Crippen LogP contribution in [0.3, 0.4) is 0 Å². The van der Waals surface area contributed by atoms with Gasteiger partial charge in [0.05, 0.1) is 12.0 Å². The molecule has 0 bridgehead atoms. The van der Waals surface area contributed by atoms with Crippen molar-refractivity contribution >= 4 is 11.9 Å². The molecule has 0 saturated heterocycles. The molecule has 0 aliphatic rings. The average Bonchev–Trinajstić information content (AvgIpc) is 2.15. The van der Waals surface area contributed by atoms with Gasteiger partial charge >= 0.3 is 5.97 Å². The van der Waals surface area contributed by atoms with E-state index in [1.54, 1.807) is 20.9 Å². The average molecular weight is 226 g/mol. The predicted molar refractivity (Wildman–Crippen MR) is 58.4 cm³/mol. The third-order valence-electron chi connectivity index (χ3n) is 2.24. The summed E-state index contributed by atoms with van der Waals surface area (Å²) in [6.07, 6.45) is 0.203. The number of rotatable bonds is 6. The molecule has 0 radical (unpaired) electrons. The van der Waals surface area contributed by atoms with E-state index in [9.17, 15) is 9.59 Å². The van der Waals surface area contributed by atoms with Gasteiger partial charge in [0.15, 0.2) is 0 Å². The summed E-state index contributed by atoms with van der Waals surface area (Å²) in [5.41, 5.74) is 0. The number of nitrogens with zero attached hydrogens (tertiary/aromatic N) is 2. The van der Waals surface area contributed by atoms with Crippen LogP contribution >= 0.6 is 0 Å². The van der Waals surface area contributed by atoms with Crippen molar-refractivity contribution in [1.82, 2.24) is 4.90 Å². The number of nitriles is 1. The van der Waals surface area contributed by atoms with Crippen molar-refractivity contribution in [3.05, 3.63) is 0 Å². The molecule has 0 aliphatic carbocycles. The fourth-order valence-electron chi connectivity index (χ4n) is 1.38. The lowest BCUT2D eigenvalue weighted by atomic mass is 10.0. The quantitative estimate of drug-likeness (QED) is 0.735. The van der Waals surface area contributed by atoms with Crippen molar-refractivity contribution in [3.8, 4) is 6.07 Å². The van der Waals surface area contributed by atoms with Crippen molar-refractivity contribution in [1.29, 1.82) is 5.26 Å². The number of amides is 1. The molecule has 0 aromatic carbocycles. The van der Waals surface area contributed by atoms with Gasteiger partial charge in [0, 0.05) is 26.4 Å². The zero-order chi connectivity index (χ0) is 12.7. The first-order valence-corrected chi connectivity index (χ1v) is 5.22. The van der Waals surface area contributed by atoms with Gasteiger partial charge in [-0.15, -0.1) is 0 Å². The molecule has 0 fully saturated rings. The summed E-state index contributed by atoms with van der Waals surface area (Å²) >= 11 is 0. The first-order valence-electron chi connectivity index (χ1n) is 5.22. The van der Waals surface area contributed by atoms with Gasteiger partial charge in [-0.05, 0) is 12.8 Å². The highest BCUT2D eigenvalue weighted by Gasteiger charge is 2.17. The Morgan fingerprint density at radius 1 is 1.38 bits per heavy atom. The molecule has 0 aromatic heterocycles. The topological polar surface area (TPSA) is 81.4 Å². The van der Waals surface area contributed by atoms with Crippen LogP contribution in [0.4, 0.5) is 0 Å². The molecule has 0 rings (SSSR count). The smallest absolute Gasteiger partial charge is 0.303 e. The summed E-state index contributed by atoms with van der Waals surface area (Å²) in [6.45, 7) is 3.85. The van der Waals surface area contributed by atoms with Gasteiger partial charge in [-0.2, -0.15) is 5.26 Å². The molecule has 0 spiro atoms. The standard InChI is InChI=1S/C11H18N2O3/c1-8(5-11(15)16)4-10(14)13(3)7-9(2)6-12/h8-9H,4-5,7H2,1-3H3,(H,15,16). The second-order valence-corrected chi connectivity index (χ2v) is 4.21. The van der Waals surface area contributed by atoms with E-state index in [4.69, 9.17) is 10.4 Å². The van der Waals surface area contributed by atoms with Crippen molar-refractivity contribution in [3.63, 3.8) is 0 Å². The maximum Gasteiger partial charge on any atom is 0.303 e. The van der Waals surface area contributed by atoms with Crippen molar-refractivity contribution in [2.75, 3.05) is 13.6 Å². The Morgan fingerprint density at radius 3 is 2.38 bits per heavy atom. The van der Waals surface area contributed by atoms with Crippen LogP contribution in [0, 0.1) is 23.2 Å². The zero-order valence-corrected chi connectivity index (χ0v) is 9.93. The minimum atomic E-state index is -0.895. The highest BCUT2D eigenvalue weighted by Crippen LogP contribution is 2.10. The molecule has 16 heavy (non-hydrogen) atoms. The fourth-order valence-corrected chi connectivity index (χ4v) is 1.38. The third kappa shape index (κ3) is 6.02. The van der Waals surface area contributed by atoms with Crippen LogP contribution in [0.25, 0.3) is 0 Å². The number of hydrogen-bond acceptors (Lipinski definition) is 3. The number of carbonyl (C=O) groups is 2. The van der Waals surface area contributed by atoms with E-state index in [1.165, 1.54) is 4.90 Å². The highest BCUT2D eigenvalue weighted by atomic mass is 16.4. The molecule has 0 aromatic rings. The Bertz CT molecular complexity index is 296. The van der Waals surface area contributed by atoms with Crippen LogP contribution in [0.5, 0.6) is 0 Å². The molecule has 1 N–H and O–H groups in total. The van der Waals surface area contributed by atoms with Crippen molar-refractivity contribution in [2.45, 2.75) is 26.7 Å². The van der Waals surface area contributed by atoms with E-state index < -0.39 is 5.97 Å². The Morgan fingerprint density at radius 2 is 1.94 bits per heavy atom. The molecule has 2 atom stereocenters. The third-order valence-corrected chi connectivity index (χ3v) is 2.24. The Hall–Kier alpha value is -1.57. The molecule has 90 valence electrons. The summed E-state index contributed by atoms with van der Waals surface area (Å²) in [5, 5.41) is 17.2. The van der Waals surface area contributed by atoms with Gasteiger partial charge in [0.25, 0.3) is 0 Å². The fraction of sp³-hybridized carbons (Fsp3) is 0.727. The lowest BCUT2D eigenvalue weighted by Gasteiger charge is -2.19. The number of carboxylic acid groups (broad SMARTS) is 1. The van der Waals surface area contributed by atoms with Crippen LogP contribution in [0.2, 0.25) is 0 Å². The van der Waals surface area contributed by atoms with Gasteiger partial charge in [0.1, 0.15) is 0 Å². The Labute approximate surface area is 95.7 Å². The van der Waals surface area contributed by atoms with E-state index in [1.807, 2.05) is 6.07 Å². The summed E-state index contributed by atoms with van der Waals surface area (Å²) in [7, 11) is 1.63. The van der Waals surface area contributed by atoms with Gasteiger partial charge < -0.3 is 10.0 Å². The van der Waals surface area contributed by atoms with Gasteiger partial charge in [-0.3, -0.25) is 9.59 Å². The van der Waals surface area contributed by atoms with E-state index in [0.29, 0.717) is 6.54 Å². The van der Waals surface area contributed by atoms with Gasteiger partial charge in [-0.1, -0.05) is 6.92 Å². The van der Waals surface area contributed by atoms with Crippen LogP contribution < -0.4 is 0 Å². The summed E-state index contributed by atoms with van der Waals surface area (Å²) in [6, 6.07) is 2.05. The summed E-state index contributed by atoms with van der Waals surface area (Å²) in [5.74, 6) is -1.39. The van der Waals surface area contributed by atoms with Gasteiger partial charge in [0.2, 0.25) is 5.91 Å². The molecular weight excluding hydrogens is 208 g/mol. The molecule has 5 nitrogen and oxygen atoms in total. The van der Waals surface area contributed by atoms with E-state index in [-0.39, 0.29) is 30.6 Å². The van der Waals surface area contributed by atoms with E-state index >= 15 is 0 Å². The van der Waals surface area contributed by atoms with Crippen molar-refractivity contribution < 1.29 is 14.7 Å². The largest absolute Gasteiger partial charge is 0.481 e. The first kappa shape index (κ1) is 14.4. The highest BCUT2D eigenvalue weighted by molar-refractivity contribution is 5.77. The van der Waals surface area contributed by atoms with E-state index in [0.717, 1.165) is 0 Å². The van der Waals surface area contributed by atoms with Crippen LogP contribution in [-0.4, -0.2) is 35.5 Å². The zero-order valence-electron chi connectivity index (χ0n) is 9.93. The maximum atomic E-state index is 11.6. The first-order chi connectivity index (χ1) is 7.36. The van der Waals surface area contributed by atoms with Crippen LogP contribution in [0.1, 0.15) is 26.7 Å². The lowest BCUT2D eigenvalue weighted by Crippen LogP contribution is -2.31. The molecule has 1 amide bonds. The lowest BCUT2D eigenvalue weighted by molar-refractivity contribution is -0.138. The Balaban J connectivity index is 4.06. The van der Waals surface area contributed by atoms with Crippen molar-refractivity contribution in [2.24, 2.45) is 11.8 Å². The normalized spacial score (nSPS) is 13.6. The minimum Gasteiger partial charge on any atom is -0.481 e. The molecule has 5 heteroatoms. The monoisotopic (exact) mass is 226 g/mol. The predicted octanol–water partition coefficient (Wildman–Crippen LogP) is 1.11. The maximum absolute atomic E-state index is 11.6. The number of aliphatic carboxylic acids is 1. The summed E-state index contributed by atoms with van der Waals surface area (Å²) in [4.78, 5) is 23.5. The second kappa shape index (κ2) is 6.83. The van der Waals surface area contributed by atoms with Crippen LogP contribution in [0.15, 0.2) is 0 Å². The number of carboxylic acids is 1. The van der Waals surface area contributed by atoms with E-state index in [2.05, 4.69) is 0 Å². The SMILES string of the molecule is CC(C#N)CN(C)C(=O)CC(C)CC(=O)O. The molecule has 0 saturated carbocycles. The second-order valence-electron chi connectivity index (χ2n) is 4.21. The molecule has 0 aliphatic heterocycles. The number of carbonyl (C=O) groups excluding carboxylic acids is 1. The Kier molecular flexibility index (Phi) is 6.16.